The van der Waals surface area contributed by atoms with Gasteiger partial charge in [-0.05, 0) is 87.1 Å². The van der Waals surface area contributed by atoms with Gasteiger partial charge in [0, 0.05) is 49.9 Å². The first kappa shape index (κ1) is 26.7. The third-order valence-corrected chi connectivity index (χ3v) is 8.53. The summed E-state index contributed by atoms with van der Waals surface area (Å²) in [5, 5.41) is 6.20. The maximum atomic E-state index is 13.3. The summed E-state index contributed by atoms with van der Waals surface area (Å²) in [6, 6.07) is 4.06. The fourth-order valence-electron chi connectivity index (χ4n) is 5.79. The number of hydrogen-bond acceptors (Lipinski definition) is 6. The summed E-state index contributed by atoms with van der Waals surface area (Å²) in [5.74, 6) is 1.00. The van der Waals surface area contributed by atoms with Crippen molar-refractivity contribution in [3.8, 4) is 0 Å². The molecule has 2 N–H and O–H groups in total. The number of anilines is 2. The summed E-state index contributed by atoms with van der Waals surface area (Å²) in [6.07, 6.45) is 14.5. The number of piperazine rings is 1. The minimum atomic E-state index is -0.305. The third-order valence-electron chi connectivity index (χ3n) is 8.53. The van der Waals surface area contributed by atoms with E-state index in [0.29, 0.717) is 35.5 Å². The van der Waals surface area contributed by atoms with Gasteiger partial charge in [-0.2, -0.15) is 0 Å². The number of oxazole rings is 1. The number of carbonyl (C=O) groups excluding carboxylic acids is 2. The van der Waals surface area contributed by atoms with Crippen LogP contribution in [0.15, 0.2) is 46.2 Å². The predicted molar refractivity (Wildman–Crippen MR) is 157 cm³/mol. The fourth-order valence-corrected chi connectivity index (χ4v) is 5.79. The van der Waals surface area contributed by atoms with E-state index >= 15 is 0 Å². The zero-order valence-corrected chi connectivity index (χ0v) is 23.8. The van der Waals surface area contributed by atoms with Gasteiger partial charge in [0.15, 0.2) is 11.6 Å². The molecule has 0 unspecified atom stereocenters. The number of hydrogen-bond donors (Lipinski definition) is 2. The summed E-state index contributed by atoms with van der Waals surface area (Å²) in [7, 11) is 0. The van der Waals surface area contributed by atoms with E-state index in [1.165, 1.54) is 17.5 Å². The van der Waals surface area contributed by atoms with Crippen molar-refractivity contribution in [2.75, 3.05) is 42.9 Å². The number of allylic oxidation sites excluding steroid dienone is 3. The van der Waals surface area contributed by atoms with Gasteiger partial charge >= 0.3 is 0 Å². The minimum absolute atomic E-state index is 0.0637. The summed E-state index contributed by atoms with van der Waals surface area (Å²) >= 11 is 0. The van der Waals surface area contributed by atoms with Crippen LogP contribution in [0.5, 0.6) is 0 Å². The number of benzene rings is 1. The van der Waals surface area contributed by atoms with Crippen LogP contribution in [0, 0.1) is 0 Å². The van der Waals surface area contributed by atoms with E-state index in [2.05, 4.69) is 57.5 Å². The highest BCUT2D eigenvalue weighted by atomic mass is 16.3. The average molecular weight is 544 g/mol. The second-order valence-electron chi connectivity index (χ2n) is 11.7. The van der Waals surface area contributed by atoms with Crippen molar-refractivity contribution in [3.05, 3.63) is 64.5 Å². The van der Waals surface area contributed by atoms with Crippen LogP contribution < -0.4 is 15.5 Å². The number of rotatable bonds is 10. The molecule has 1 aromatic carbocycles. The summed E-state index contributed by atoms with van der Waals surface area (Å²) < 4.78 is 5.59. The van der Waals surface area contributed by atoms with Crippen molar-refractivity contribution in [1.82, 2.24) is 15.2 Å². The normalized spacial score (nSPS) is 19.2. The standard InChI is InChI=1S/C32H41N5O3/c1-3-4-13-33-30(38)25-18-26(34-31(39)27-20-40-32(35-27)23-11-12-23)29(19-24(25)22-9-10-22)37-16-14-36(15-17-37)28-8-6-5-7-21(28)2/h6,8,18-20,22-23H,3-5,7,9-17H2,1-2H3,(H,33,38)(H,34,39). The maximum absolute atomic E-state index is 13.3. The van der Waals surface area contributed by atoms with Crippen LogP contribution in [-0.4, -0.2) is 54.4 Å². The number of nitrogens with one attached hydrogen (secondary N) is 2. The van der Waals surface area contributed by atoms with E-state index < -0.39 is 0 Å². The van der Waals surface area contributed by atoms with E-state index in [-0.39, 0.29) is 17.5 Å². The molecule has 4 aliphatic rings. The lowest BCUT2D eigenvalue weighted by Crippen LogP contribution is -2.46. The first-order valence-electron chi connectivity index (χ1n) is 15.1. The number of amides is 2. The van der Waals surface area contributed by atoms with Gasteiger partial charge in [0.2, 0.25) is 0 Å². The summed E-state index contributed by atoms with van der Waals surface area (Å²) in [4.78, 5) is 36.0. The molecule has 40 heavy (non-hydrogen) atoms. The van der Waals surface area contributed by atoms with E-state index in [1.807, 2.05) is 6.07 Å². The molecule has 2 aromatic rings. The van der Waals surface area contributed by atoms with Crippen LogP contribution in [0.3, 0.4) is 0 Å². The van der Waals surface area contributed by atoms with Crippen LogP contribution in [0.1, 0.15) is 109 Å². The zero-order valence-electron chi connectivity index (χ0n) is 23.8. The highest BCUT2D eigenvalue weighted by molar-refractivity contribution is 6.06. The molecule has 1 aliphatic heterocycles. The van der Waals surface area contributed by atoms with Crippen LogP contribution in [0.25, 0.3) is 0 Å². The molecule has 2 amide bonds. The van der Waals surface area contributed by atoms with Crippen molar-refractivity contribution in [3.63, 3.8) is 0 Å². The lowest BCUT2D eigenvalue weighted by atomic mass is 9.98. The Hall–Kier alpha value is -3.55. The quantitative estimate of drug-likeness (QED) is 0.360. The van der Waals surface area contributed by atoms with Crippen LogP contribution >= 0.6 is 0 Å². The molecular weight excluding hydrogens is 502 g/mol. The van der Waals surface area contributed by atoms with Gasteiger partial charge in [0.05, 0.1) is 11.4 Å². The Labute approximate surface area is 236 Å². The lowest BCUT2D eigenvalue weighted by Gasteiger charge is -2.40. The monoisotopic (exact) mass is 543 g/mol. The second kappa shape index (κ2) is 11.5. The number of nitrogens with zero attached hydrogens (tertiary/aromatic N) is 3. The molecule has 8 nitrogen and oxygen atoms in total. The Morgan fingerprint density at radius 2 is 1.77 bits per heavy atom. The molecule has 6 rings (SSSR count). The molecular formula is C32H41N5O3. The van der Waals surface area contributed by atoms with Crippen LogP contribution in [-0.2, 0) is 0 Å². The molecule has 8 heteroatoms. The molecule has 212 valence electrons. The second-order valence-corrected chi connectivity index (χ2v) is 11.7. The summed E-state index contributed by atoms with van der Waals surface area (Å²) in [6.45, 7) is 8.52. The molecule has 3 fully saturated rings. The Kier molecular flexibility index (Phi) is 7.67. The van der Waals surface area contributed by atoms with E-state index in [1.54, 1.807) is 0 Å². The third kappa shape index (κ3) is 5.81. The van der Waals surface area contributed by atoms with Crippen molar-refractivity contribution in [2.45, 2.75) is 77.0 Å². The molecule has 2 saturated carbocycles. The zero-order chi connectivity index (χ0) is 27.6. The number of aromatic nitrogens is 1. The fraction of sp³-hybridized carbons (Fsp3) is 0.531. The van der Waals surface area contributed by atoms with Gasteiger partial charge < -0.3 is 24.9 Å². The van der Waals surface area contributed by atoms with E-state index in [0.717, 1.165) is 88.8 Å². The maximum Gasteiger partial charge on any atom is 0.277 e. The number of unbranched alkanes of at least 4 members (excludes halogenated alkanes) is 1. The van der Waals surface area contributed by atoms with Crippen molar-refractivity contribution in [1.29, 1.82) is 0 Å². The Morgan fingerprint density at radius 3 is 2.48 bits per heavy atom. The molecule has 1 aromatic heterocycles. The summed E-state index contributed by atoms with van der Waals surface area (Å²) in [5.41, 5.74) is 6.50. The SMILES string of the molecule is CCCCNC(=O)c1cc(NC(=O)c2coc(C3CC3)n2)c(N2CCN(C3=C(C)CCC=C3)CC2)cc1C1CC1. The largest absolute Gasteiger partial charge is 0.448 e. The smallest absolute Gasteiger partial charge is 0.277 e. The molecule has 0 radical (unpaired) electrons. The highest BCUT2D eigenvalue weighted by Crippen LogP contribution is 2.45. The van der Waals surface area contributed by atoms with Gasteiger partial charge in [-0.25, -0.2) is 4.98 Å². The lowest BCUT2D eigenvalue weighted by molar-refractivity contribution is 0.0950. The average Bonchev–Trinajstić information content (AvgIpc) is 3.92. The molecule has 0 bridgehead atoms. The van der Waals surface area contributed by atoms with Gasteiger partial charge in [-0.1, -0.05) is 19.4 Å². The van der Waals surface area contributed by atoms with E-state index in [4.69, 9.17) is 4.42 Å². The highest BCUT2D eigenvalue weighted by Gasteiger charge is 2.33. The van der Waals surface area contributed by atoms with Crippen LogP contribution in [0.2, 0.25) is 0 Å². The van der Waals surface area contributed by atoms with Crippen molar-refractivity contribution >= 4 is 23.2 Å². The first-order chi connectivity index (χ1) is 19.5. The molecule has 0 atom stereocenters. The van der Waals surface area contributed by atoms with Crippen LogP contribution in [0.4, 0.5) is 11.4 Å². The van der Waals surface area contributed by atoms with Gasteiger partial charge in [0.1, 0.15) is 6.26 Å². The van der Waals surface area contributed by atoms with Gasteiger partial charge in [0.25, 0.3) is 11.8 Å². The van der Waals surface area contributed by atoms with Gasteiger partial charge in [-0.3, -0.25) is 9.59 Å². The Balaban J connectivity index is 1.28. The topological polar surface area (TPSA) is 90.7 Å². The predicted octanol–water partition coefficient (Wildman–Crippen LogP) is 5.96. The Bertz CT molecular complexity index is 1330. The van der Waals surface area contributed by atoms with Gasteiger partial charge in [-0.15, -0.1) is 0 Å². The molecule has 0 spiro atoms. The van der Waals surface area contributed by atoms with Crippen molar-refractivity contribution in [2.24, 2.45) is 0 Å². The van der Waals surface area contributed by atoms with Crippen molar-refractivity contribution < 1.29 is 14.0 Å². The molecule has 2 heterocycles. The number of carbonyl (C=O) groups is 2. The van der Waals surface area contributed by atoms with E-state index in [9.17, 15) is 9.59 Å². The molecule has 1 saturated heterocycles. The minimum Gasteiger partial charge on any atom is -0.448 e. The Morgan fingerprint density at radius 1 is 1.02 bits per heavy atom. The molecule has 3 aliphatic carbocycles. The first-order valence-corrected chi connectivity index (χ1v) is 15.1.